The molecule has 0 saturated heterocycles. The molecule has 0 saturated carbocycles. The van der Waals surface area contributed by atoms with Crippen LogP contribution in [0.5, 0.6) is 0 Å². The lowest BCUT2D eigenvalue weighted by Gasteiger charge is -2.00. The minimum absolute atomic E-state index is 0.0148. The lowest BCUT2D eigenvalue weighted by molar-refractivity contribution is -0.385. The Morgan fingerprint density at radius 2 is 0.804 bits per heavy atom. The maximum absolute atomic E-state index is 12.3. The predicted molar refractivity (Wildman–Crippen MR) is 211 cm³/mol. The summed E-state index contributed by atoms with van der Waals surface area (Å²) in [5.74, 6) is 20.1. The van der Waals surface area contributed by atoms with Gasteiger partial charge in [0.1, 0.15) is 19.6 Å². The van der Waals surface area contributed by atoms with Gasteiger partial charge in [0.2, 0.25) is 0 Å². The van der Waals surface area contributed by atoms with Crippen molar-refractivity contribution in [1.82, 2.24) is 0 Å². The minimum Gasteiger partial charge on any atom is -0.465 e. The highest BCUT2D eigenvalue weighted by atomic mass is 32.2. The van der Waals surface area contributed by atoms with Crippen LogP contribution in [0, 0.1) is 67.6 Å². The summed E-state index contributed by atoms with van der Waals surface area (Å²) < 4.78 is 20.0. The Morgan fingerprint density at radius 1 is 0.518 bits per heavy atom. The van der Waals surface area contributed by atoms with Crippen LogP contribution in [-0.4, -0.2) is 62.2 Å². The molecule has 2 aliphatic heterocycles. The van der Waals surface area contributed by atoms with Crippen molar-refractivity contribution in [2.45, 2.75) is 0 Å². The molecule has 0 unspecified atom stereocenters. The van der Waals surface area contributed by atoms with E-state index in [1.165, 1.54) is 89.1 Å². The van der Waals surface area contributed by atoms with Crippen molar-refractivity contribution in [3.8, 4) is 47.4 Å². The number of nitro benzene ring substituents is 2. The molecule has 0 N–H and O–H groups in total. The normalized spacial score (nSPS) is 12.5. The number of hydrogen-bond acceptors (Lipinski definition) is 16. The Kier molecular flexibility index (Phi) is 15.2. The fourth-order valence-electron chi connectivity index (χ4n) is 3.90. The van der Waals surface area contributed by atoms with Gasteiger partial charge in [-0.25, -0.2) is 19.2 Å². The van der Waals surface area contributed by atoms with Crippen LogP contribution in [0.4, 0.5) is 11.4 Å². The molecule has 14 nitrogen and oxygen atoms in total. The summed E-state index contributed by atoms with van der Waals surface area (Å²) in [6.07, 6.45) is 2.86. The van der Waals surface area contributed by atoms with E-state index in [2.05, 4.69) is 47.4 Å². The van der Waals surface area contributed by atoms with Crippen LogP contribution in [0.2, 0.25) is 0 Å². The van der Waals surface area contributed by atoms with Crippen molar-refractivity contribution in [3.05, 3.63) is 131 Å². The Hall–Kier alpha value is -6.54. The minimum atomic E-state index is -0.744. The first-order valence-electron chi connectivity index (χ1n) is 15.1. The molecule has 2 heterocycles. The van der Waals surface area contributed by atoms with E-state index in [1.807, 2.05) is 0 Å². The van der Waals surface area contributed by atoms with Gasteiger partial charge in [-0.05, 0) is 24.3 Å². The number of carbonyl (C=O) groups excluding carboxylic acids is 4. The molecule has 0 spiro atoms. The number of nitro groups is 2. The van der Waals surface area contributed by atoms with Crippen molar-refractivity contribution < 1.29 is 48.0 Å². The lowest BCUT2D eigenvalue weighted by atomic mass is 10.1. The summed E-state index contributed by atoms with van der Waals surface area (Å²) in [5.41, 5.74) is 0.625. The van der Waals surface area contributed by atoms with Crippen molar-refractivity contribution in [3.63, 3.8) is 0 Å². The zero-order valence-corrected chi connectivity index (χ0v) is 32.5. The summed E-state index contributed by atoms with van der Waals surface area (Å²) in [7, 11) is 4.68. The summed E-state index contributed by atoms with van der Waals surface area (Å²) in [6, 6.07) is 10.9. The molecule has 0 aromatic heterocycles. The molecular weight excluding hydrogens is 805 g/mol. The number of ether oxygens (including phenoxy) is 4. The van der Waals surface area contributed by atoms with Gasteiger partial charge in [0.05, 0.1) is 57.9 Å². The van der Waals surface area contributed by atoms with Gasteiger partial charge in [0, 0.05) is 47.5 Å². The van der Waals surface area contributed by atoms with Crippen LogP contribution in [0.1, 0.15) is 11.1 Å². The molecule has 0 amide bonds. The van der Waals surface area contributed by atoms with Gasteiger partial charge in [-0.3, -0.25) is 20.2 Å². The van der Waals surface area contributed by atoms with Gasteiger partial charge < -0.3 is 18.9 Å². The van der Waals surface area contributed by atoms with Crippen LogP contribution in [0.15, 0.2) is 99.9 Å². The smallest absolute Gasteiger partial charge is 0.346 e. The molecule has 2 aromatic carbocycles. The van der Waals surface area contributed by atoms with E-state index in [1.54, 1.807) is 0 Å². The van der Waals surface area contributed by atoms with E-state index in [0.717, 1.165) is 47.0 Å². The number of non-ortho nitro benzene ring substituents is 2. The lowest BCUT2D eigenvalue weighted by Crippen LogP contribution is -2.08. The van der Waals surface area contributed by atoms with Gasteiger partial charge in [0.25, 0.3) is 11.4 Å². The Bertz CT molecular complexity index is 2220. The van der Waals surface area contributed by atoms with Gasteiger partial charge in [0.15, 0.2) is 0 Å². The van der Waals surface area contributed by atoms with Crippen molar-refractivity contribution >= 4 is 82.3 Å². The molecule has 4 rings (SSSR count). The fraction of sp³-hybridized carbons (Fsp3) is 0.105. The highest BCUT2D eigenvalue weighted by molar-refractivity contribution is 8.29. The Morgan fingerprint density at radius 3 is 1.07 bits per heavy atom. The molecule has 56 heavy (non-hydrogen) atoms. The van der Waals surface area contributed by atoms with E-state index in [0.29, 0.717) is 19.6 Å². The number of hydrogen-bond donors (Lipinski definition) is 0. The van der Waals surface area contributed by atoms with Crippen molar-refractivity contribution in [2.24, 2.45) is 0 Å². The van der Waals surface area contributed by atoms with Crippen molar-refractivity contribution in [2.75, 3.05) is 28.4 Å². The molecular formula is C38H22N2O12S4. The molecule has 0 radical (unpaired) electrons. The second-order valence-electron chi connectivity index (χ2n) is 10.0. The van der Waals surface area contributed by atoms with Crippen LogP contribution in [0.3, 0.4) is 0 Å². The molecule has 2 aromatic rings. The van der Waals surface area contributed by atoms with Crippen molar-refractivity contribution in [1.29, 1.82) is 0 Å². The number of rotatable bonds is 6. The monoisotopic (exact) mass is 826 g/mol. The first-order valence-corrected chi connectivity index (χ1v) is 18.4. The topological polar surface area (TPSA) is 191 Å². The fourth-order valence-corrected chi connectivity index (χ4v) is 8.38. The van der Waals surface area contributed by atoms with Gasteiger partial charge in [-0.2, -0.15) is 0 Å². The Balaban J connectivity index is 1.87. The molecule has 18 heteroatoms. The zero-order chi connectivity index (χ0) is 40.8. The van der Waals surface area contributed by atoms with Crippen LogP contribution in [0.25, 0.3) is 0 Å². The second kappa shape index (κ2) is 20.2. The van der Waals surface area contributed by atoms with Gasteiger partial charge in [-0.15, -0.1) is 0 Å². The van der Waals surface area contributed by atoms with Crippen LogP contribution >= 0.6 is 47.0 Å². The maximum atomic E-state index is 12.3. The highest BCUT2D eigenvalue weighted by Gasteiger charge is 2.33. The number of allylic oxidation sites excluding steroid dienone is 4. The van der Waals surface area contributed by atoms with E-state index in [-0.39, 0.29) is 42.1 Å². The quantitative estimate of drug-likeness (QED) is 0.109. The maximum Gasteiger partial charge on any atom is 0.346 e. The number of esters is 4. The summed E-state index contributed by atoms with van der Waals surface area (Å²) >= 11 is 3.79. The Labute approximate surface area is 335 Å². The standard InChI is InChI=1S/C38H22N2O12S4/c1-49-35(41)31-32(36(42)50-2)54-29(53-31)9-5-7-25(8-6-10-30-55-33(37(43)51-3)34(56-30)38(44)52-4)26(17-11-23-13-19-27(20-14-23)39(45)46)18-12-24-15-21-28(22-16-24)40(47)48/h9-10,13-16,19-22H,1-4H3. The van der Waals surface area contributed by atoms with E-state index >= 15 is 0 Å². The first kappa shape index (κ1) is 42.2. The van der Waals surface area contributed by atoms with E-state index in [4.69, 9.17) is 18.9 Å². The number of nitrogens with zero attached hydrogens (tertiary/aromatic N) is 2. The molecule has 0 bridgehead atoms. The number of thioether (sulfide) groups is 4. The number of methoxy groups -OCH3 is 4. The molecule has 0 atom stereocenters. The molecule has 2 aliphatic rings. The largest absolute Gasteiger partial charge is 0.465 e. The summed E-state index contributed by atoms with van der Waals surface area (Å²) in [6.45, 7) is 0. The first-order chi connectivity index (χ1) is 26.9. The average Bonchev–Trinajstić information content (AvgIpc) is 3.84. The SMILES string of the molecule is COC(=O)C1=C(C(=O)OC)SC(=CC#CC(C#CC=C2SC(C(=O)OC)=C(C(=O)OC)S2)=C(C#Cc2ccc([N+](=O)[O-])cc2)C#Cc2ccc([N+](=O)[O-])cc2)S1. The number of carbonyl (C=O) groups is 4. The third-order valence-electron chi connectivity index (χ3n) is 6.55. The highest BCUT2D eigenvalue weighted by Crippen LogP contribution is 2.50. The number of benzene rings is 2. The van der Waals surface area contributed by atoms with E-state index < -0.39 is 33.7 Å². The third-order valence-corrected chi connectivity index (χ3v) is 11.4. The molecule has 0 aliphatic carbocycles. The molecule has 0 fully saturated rings. The van der Waals surface area contributed by atoms with Crippen LogP contribution < -0.4 is 0 Å². The third kappa shape index (κ3) is 11.2. The second-order valence-corrected chi connectivity index (χ2v) is 14.7. The average molecular weight is 827 g/mol. The van der Waals surface area contributed by atoms with Gasteiger partial charge in [-0.1, -0.05) is 94.4 Å². The zero-order valence-electron chi connectivity index (χ0n) is 29.2. The summed E-state index contributed by atoms with van der Waals surface area (Å²) in [5, 5.41) is 22.3. The van der Waals surface area contributed by atoms with Gasteiger partial charge >= 0.3 is 23.9 Å². The predicted octanol–water partition coefficient (Wildman–Crippen LogP) is 5.97. The van der Waals surface area contributed by atoms with E-state index in [9.17, 15) is 39.4 Å². The molecule has 280 valence electrons. The summed E-state index contributed by atoms with van der Waals surface area (Å²) in [4.78, 5) is 70.7. The van der Waals surface area contributed by atoms with Crippen LogP contribution in [-0.2, 0) is 38.1 Å².